The van der Waals surface area contributed by atoms with Gasteiger partial charge in [0, 0.05) is 17.0 Å². The van der Waals surface area contributed by atoms with Crippen molar-refractivity contribution in [1.29, 1.82) is 0 Å². The summed E-state index contributed by atoms with van der Waals surface area (Å²) in [5.74, 6) is 0.799. The molecule has 3 aromatic rings. The second-order valence-electron chi connectivity index (χ2n) is 5.74. The maximum absolute atomic E-state index is 5.98. The summed E-state index contributed by atoms with van der Waals surface area (Å²) in [6, 6.07) is 7.61. The fourth-order valence-electron chi connectivity index (χ4n) is 2.18. The zero-order valence-corrected chi connectivity index (χ0v) is 11.7. The number of rotatable bonds is 1. The zero-order chi connectivity index (χ0) is 14.3. The van der Waals surface area contributed by atoms with Crippen LogP contribution in [0.2, 0.25) is 0 Å². The van der Waals surface area contributed by atoms with Gasteiger partial charge < -0.3 is 5.73 Å². The van der Waals surface area contributed by atoms with Crippen molar-refractivity contribution < 1.29 is 0 Å². The molecule has 102 valence electrons. The van der Waals surface area contributed by atoms with Crippen molar-refractivity contribution in [2.45, 2.75) is 26.2 Å². The molecule has 20 heavy (non-hydrogen) atoms. The Bertz CT molecular complexity index is 769. The Labute approximate surface area is 116 Å². The van der Waals surface area contributed by atoms with Gasteiger partial charge in [-0.1, -0.05) is 20.8 Å². The second-order valence-corrected chi connectivity index (χ2v) is 5.74. The zero-order valence-electron chi connectivity index (χ0n) is 11.7. The Morgan fingerprint density at radius 3 is 2.70 bits per heavy atom. The van der Waals surface area contributed by atoms with Gasteiger partial charge in [-0.2, -0.15) is 4.68 Å². The monoisotopic (exact) mass is 268 g/mol. The molecule has 0 aliphatic carbocycles. The average molecular weight is 268 g/mol. The second kappa shape index (κ2) is 4.26. The summed E-state index contributed by atoms with van der Waals surface area (Å²) in [5, 5.41) is 13.0. The lowest BCUT2D eigenvalue weighted by Gasteiger charge is -2.18. The first-order valence-corrected chi connectivity index (χ1v) is 6.41. The molecule has 0 amide bonds. The van der Waals surface area contributed by atoms with Gasteiger partial charge in [0.1, 0.15) is 0 Å². The van der Waals surface area contributed by atoms with E-state index >= 15 is 0 Å². The lowest BCUT2D eigenvalue weighted by molar-refractivity contribution is 0.526. The van der Waals surface area contributed by atoms with Gasteiger partial charge in [0.05, 0.1) is 16.9 Å². The van der Waals surface area contributed by atoms with E-state index in [1.165, 1.54) is 0 Å². The molecule has 0 bridgehead atoms. The molecule has 0 fully saturated rings. The van der Waals surface area contributed by atoms with Gasteiger partial charge in [-0.05, 0) is 34.7 Å². The molecular weight excluding hydrogens is 252 g/mol. The first-order valence-electron chi connectivity index (χ1n) is 6.41. The van der Waals surface area contributed by atoms with E-state index in [1.807, 2.05) is 24.3 Å². The van der Waals surface area contributed by atoms with E-state index in [4.69, 9.17) is 5.73 Å². The fourth-order valence-corrected chi connectivity index (χ4v) is 2.18. The molecule has 0 radical (unpaired) electrons. The van der Waals surface area contributed by atoms with Crippen molar-refractivity contribution in [2.24, 2.45) is 0 Å². The summed E-state index contributed by atoms with van der Waals surface area (Å²) in [7, 11) is 0. The van der Waals surface area contributed by atoms with Gasteiger partial charge in [-0.25, -0.2) is 0 Å². The third-order valence-corrected chi connectivity index (χ3v) is 3.15. The minimum absolute atomic E-state index is 0.153. The normalized spacial score (nSPS) is 11.9. The van der Waals surface area contributed by atoms with Crippen LogP contribution in [0.4, 0.5) is 5.69 Å². The molecular formula is C14H16N6. The van der Waals surface area contributed by atoms with Crippen LogP contribution >= 0.6 is 0 Å². The van der Waals surface area contributed by atoms with E-state index in [0.717, 1.165) is 22.4 Å². The van der Waals surface area contributed by atoms with Gasteiger partial charge in [0.25, 0.3) is 0 Å². The van der Waals surface area contributed by atoms with E-state index < -0.39 is 0 Å². The largest absolute Gasteiger partial charge is 0.397 e. The molecule has 2 heterocycles. The number of anilines is 1. The highest BCUT2D eigenvalue weighted by Gasteiger charge is 2.23. The van der Waals surface area contributed by atoms with E-state index in [2.05, 4.69) is 41.3 Å². The number of nitrogens with two attached hydrogens (primary N) is 1. The van der Waals surface area contributed by atoms with Gasteiger partial charge in [-0.3, -0.25) is 4.98 Å². The first kappa shape index (κ1) is 12.5. The molecule has 1 aromatic carbocycles. The predicted molar refractivity (Wildman–Crippen MR) is 77.6 cm³/mol. The van der Waals surface area contributed by atoms with Crippen molar-refractivity contribution in [2.75, 3.05) is 5.73 Å². The number of hydrogen-bond acceptors (Lipinski definition) is 5. The van der Waals surface area contributed by atoms with Crippen LogP contribution in [0.1, 0.15) is 26.6 Å². The van der Waals surface area contributed by atoms with E-state index in [1.54, 1.807) is 10.9 Å². The number of tetrazole rings is 1. The Morgan fingerprint density at radius 1 is 1.15 bits per heavy atom. The highest BCUT2D eigenvalue weighted by Crippen LogP contribution is 2.28. The van der Waals surface area contributed by atoms with Crippen LogP contribution in [-0.2, 0) is 5.41 Å². The topological polar surface area (TPSA) is 82.5 Å². The number of hydrogen-bond donors (Lipinski definition) is 1. The van der Waals surface area contributed by atoms with Gasteiger partial charge in [-0.15, -0.1) is 5.10 Å². The number of nitrogens with zero attached hydrogens (tertiary/aromatic N) is 5. The minimum Gasteiger partial charge on any atom is -0.397 e. The average Bonchev–Trinajstić information content (AvgIpc) is 2.89. The Kier molecular flexibility index (Phi) is 2.67. The van der Waals surface area contributed by atoms with Crippen molar-refractivity contribution in [3.63, 3.8) is 0 Å². The smallest absolute Gasteiger partial charge is 0.162 e. The highest BCUT2D eigenvalue weighted by molar-refractivity contribution is 5.95. The molecule has 0 spiro atoms. The number of fused-ring (bicyclic) bond motifs is 1. The molecule has 0 aliphatic heterocycles. The number of pyridine rings is 1. The van der Waals surface area contributed by atoms with Crippen LogP contribution in [0.25, 0.3) is 16.6 Å². The SMILES string of the molecule is CC(C)(C)c1nnnn1-c1ccc(N)c2ncccc12. The molecule has 0 saturated carbocycles. The van der Waals surface area contributed by atoms with E-state index in [9.17, 15) is 0 Å². The Balaban J connectivity index is 2.32. The van der Waals surface area contributed by atoms with Crippen LogP contribution in [0.5, 0.6) is 0 Å². The summed E-state index contributed by atoms with van der Waals surface area (Å²) in [6.07, 6.45) is 1.73. The number of nitrogen functional groups attached to an aromatic ring is 1. The predicted octanol–water partition coefficient (Wildman–Crippen LogP) is 2.09. The molecule has 3 rings (SSSR count). The third kappa shape index (κ3) is 1.89. The van der Waals surface area contributed by atoms with Crippen LogP contribution in [0.15, 0.2) is 30.5 Å². The fraction of sp³-hybridized carbons (Fsp3) is 0.286. The quantitative estimate of drug-likeness (QED) is 0.683. The summed E-state index contributed by atoms with van der Waals surface area (Å²) in [6.45, 7) is 6.23. The van der Waals surface area contributed by atoms with Crippen molar-refractivity contribution in [3.05, 3.63) is 36.3 Å². The van der Waals surface area contributed by atoms with E-state index in [-0.39, 0.29) is 5.41 Å². The summed E-state index contributed by atoms with van der Waals surface area (Å²) >= 11 is 0. The van der Waals surface area contributed by atoms with Gasteiger partial charge in [0.2, 0.25) is 0 Å². The first-order chi connectivity index (χ1) is 9.48. The molecule has 0 atom stereocenters. The Morgan fingerprint density at radius 2 is 1.95 bits per heavy atom. The van der Waals surface area contributed by atoms with Crippen LogP contribution in [0, 0.1) is 0 Å². The highest BCUT2D eigenvalue weighted by atomic mass is 15.5. The third-order valence-electron chi connectivity index (χ3n) is 3.15. The molecule has 0 aliphatic rings. The van der Waals surface area contributed by atoms with Crippen LogP contribution in [-0.4, -0.2) is 25.2 Å². The number of aromatic nitrogens is 5. The summed E-state index contributed by atoms with van der Waals surface area (Å²) in [5.41, 5.74) is 8.12. The van der Waals surface area contributed by atoms with Gasteiger partial charge in [0.15, 0.2) is 5.82 Å². The van der Waals surface area contributed by atoms with Crippen molar-refractivity contribution in [1.82, 2.24) is 25.2 Å². The molecule has 6 nitrogen and oxygen atoms in total. The Hall–Kier alpha value is -2.50. The maximum Gasteiger partial charge on any atom is 0.162 e. The minimum atomic E-state index is -0.153. The lowest BCUT2D eigenvalue weighted by Crippen LogP contribution is -2.19. The van der Waals surface area contributed by atoms with Crippen molar-refractivity contribution >= 4 is 16.6 Å². The van der Waals surface area contributed by atoms with E-state index in [0.29, 0.717) is 5.69 Å². The standard InChI is InChI=1S/C14H16N6/c1-14(2,3)13-17-18-19-20(13)11-7-6-10(15)12-9(11)5-4-8-16-12/h4-8H,15H2,1-3H3. The van der Waals surface area contributed by atoms with Crippen LogP contribution in [0.3, 0.4) is 0 Å². The molecule has 2 aromatic heterocycles. The lowest BCUT2D eigenvalue weighted by atomic mass is 9.95. The molecule has 0 unspecified atom stereocenters. The molecule has 2 N–H and O–H groups in total. The van der Waals surface area contributed by atoms with Crippen LogP contribution < -0.4 is 5.73 Å². The van der Waals surface area contributed by atoms with Crippen molar-refractivity contribution in [3.8, 4) is 5.69 Å². The molecule has 0 saturated heterocycles. The summed E-state index contributed by atoms with van der Waals surface area (Å²) in [4.78, 5) is 4.34. The summed E-state index contributed by atoms with van der Waals surface area (Å²) < 4.78 is 1.75. The number of benzene rings is 1. The van der Waals surface area contributed by atoms with Gasteiger partial charge >= 0.3 is 0 Å². The maximum atomic E-state index is 5.98. The molecule has 6 heteroatoms.